The maximum atomic E-state index is 13.1. The fourth-order valence-electron chi connectivity index (χ4n) is 3.44. The van der Waals surface area contributed by atoms with E-state index in [0.29, 0.717) is 40.1 Å². The van der Waals surface area contributed by atoms with E-state index in [2.05, 4.69) is 17.1 Å². The molecule has 0 fully saturated rings. The average Bonchev–Trinajstić information content (AvgIpc) is 3.31. The van der Waals surface area contributed by atoms with Crippen molar-refractivity contribution in [3.05, 3.63) is 64.8 Å². The van der Waals surface area contributed by atoms with Crippen molar-refractivity contribution in [2.45, 2.75) is 50.1 Å². The Kier molecular flexibility index (Phi) is 7.21. The van der Waals surface area contributed by atoms with E-state index in [1.807, 2.05) is 48.5 Å². The number of nitrogens with zero attached hydrogens (tertiary/aromatic N) is 4. The van der Waals surface area contributed by atoms with Crippen LogP contribution in [0.5, 0.6) is 5.75 Å². The second-order valence-corrected chi connectivity index (χ2v) is 8.39. The lowest BCUT2D eigenvalue weighted by Crippen LogP contribution is -2.23. The maximum absolute atomic E-state index is 13.1. The topological polar surface area (TPSA) is 83.0 Å². The van der Waals surface area contributed by atoms with Crippen LogP contribution in [-0.4, -0.2) is 26.9 Å². The van der Waals surface area contributed by atoms with Crippen LogP contribution in [0.2, 0.25) is 0 Å². The van der Waals surface area contributed by atoms with Gasteiger partial charge in [-0.3, -0.25) is 9.36 Å². The Morgan fingerprint density at radius 2 is 1.84 bits per heavy atom. The van der Waals surface area contributed by atoms with Crippen molar-refractivity contribution in [1.82, 2.24) is 19.7 Å². The minimum Gasteiger partial charge on any atom is -0.497 e. The van der Waals surface area contributed by atoms with E-state index in [1.165, 1.54) is 11.8 Å². The molecule has 2 heterocycles. The first-order valence-corrected chi connectivity index (χ1v) is 11.8. The van der Waals surface area contributed by atoms with Gasteiger partial charge in [0.05, 0.1) is 23.8 Å². The van der Waals surface area contributed by atoms with Gasteiger partial charge in [0.1, 0.15) is 5.75 Å². The SMILES string of the molecule is CCCCCCn1c(SCc2nnc(-c3ccc(OC)cc3)o2)nc2ccccc2c1=O. The summed E-state index contributed by atoms with van der Waals surface area (Å²) < 4.78 is 12.8. The van der Waals surface area contributed by atoms with Crippen molar-refractivity contribution in [2.24, 2.45) is 0 Å². The molecule has 4 rings (SSSR count). The molecule has 2 aromatic carbocycles. The van der Waals surface area contributed by atoms with Crippen molar-refractivity contribution in [2.75, 3.05) is 7.11 Å². The Hall–Kier alpha value is -3.13. The summed E-state index contributed by atoms with van der Waals surface area (Å²) in [6.07, 6.45) is 4.35. The van der Waals surface area contributed by atoms with Gasteiger partial charge in [0, 0.05) is 12.1 Å². The molecule has 0 N–H and O–H groups in total. The fraction of sp³-hybridized carbons (Fsp3) is 0.333. The largest absolute Gasteiger partial charge is 0.497 e. The van der Waals surface area contributed by atoms with Gasteiger partial charge in [-0.2, -0.15) is 0 Å². The van der Waals surface area contributed by atoms with Crippen LogP contribution < -0.4 is 10.3 Å². The van der Waals surface area contributed by atoms with Crippen LogP contribution in [-0.2, 0) is 12.3 Å². The van der Waals surface area contributed by atoms with Crippen LogP contribution in [0.25, 0.3) is 22.4 Å². The molecular formula is C24H26N4O3S. The Labute approximate surface area is 190 Å². The second kappa shape index (κ2) is 10.5. The van der Waals surface area contributed by atoms with Gasteiger partial charge in [-0.25, -0.2) is 4.98 Å². The quantitative estimate of drug-likeness (QED) is 0.183. The number of thioether (sulfide) groups is 1. The van der Waals surface area contributed by atoms with E-state index in [0.717, 1.165) is 37.0 Å². The number of para-hydroxylation sites is 1. The van der Waals surface area contributed by atoms with Gasteiger partial charge in [0.25, 0.3) is 5.56 Å². The van der Waals surface area contributed by atoms with Gasteiger partial charge >= 0.3 is 0 Å². The molecule has 0 aliphatic heterocycles. The normalized spacial score (nSPS) is 11.2. The zero-order valence-corrected chi connectivity index (χ0v) is 19.1. The molecule has 8 heteroatoms. The molecule has 2 aromatic heterocycles. The number of benzene rings is 2. The minimum atomic E-state index is -0.000880. The lowest BCUT2D eigenvalue weighted by Gasteiger charge is -2.12. The molecule has 0 bridgehead atoms. The summed E-state index contributed by atoms with van der Waals surface area (Å²) in [7, 11) is 1.63. The molecule has 0 unspecified atom stereocenters. The first kappa shape index (κ1) is 22.1. The van der Waals surface area contributed by atoms with Crippen LogP contribution in [0, 0.1) is 0 Å². The van der Waals surface area contributed by atoms with Crippen LogP contribution in [0.15, 0.2) is 62.9 Å². The highest BCUT2D eigenvalue weighted by molar-refractivity contribution is 7.98. The van der Waals surface area contributed by atoms with Crippen molar-refractivity contribution < 1.29 is 9.15 Å². The van der Waals surface area contributed by atoms with Crippen molar-refractivity contribution in [3.63, 3.8) is 0 Å². The lowest BCUT2D eigenvalue weighted by molar-refractivity contribution is 0.415. The summed E-state index contributed by atoms with van der Waals surface area (Å²) in [6.45, 7) is 2.83. The molecule has 0 radical (unpaired) electrons. The van der Waals surface area contributed by atoms with Gasteiger partial charge in [0.2, 0.25) is 11.8 Å². The summed E-state index contributed by atoms with van der Waals surface area (Å²) in [5, 5.41) is 9.64. The van der Waals surface area contributed by atoms with E-state index in [-0.39, 0.29) is 5.56 Å². The van der Waals surface area contributed by atoms with Crippen molar-refractivity contribution >= 4 is 22.7 Å². The average molecular weight is 451 g/mol. The third-order valence-electron chi connectivity index (χ3n) is 5.19. The molecule has 166 valence electrons. The molecule has 0 aliphatic rings. The van der Waals surface area contributed by atoms with E-state index in [1.54, 1.807) is 11.7 Å². The van der Waals surface area contributed by atoms with Gasteiger partial charge in [-0.15, -0.1) is 10.2 Å². The Morgan fingerprint density at radius 1 is 1.03 bits per heavy atom. The van der Waals surface area contributed by atoms with Crippen molar-refractivity contribution in [1.29, 1.82) is 0 Å². The van der Waals surface area contributed by atoms with Gasteiger partial charge in [-0.05, 0) is 42.8 Å². The molecule has 0 spiro atoms. The summed E-state index contributed by atoms with van der Waals surface area (Å²) >= 11 is 1.44. The smallest absolute Gasteiger partial charge is 0.262 e. The monoisotopic (exact) mass is 450 g/mol. The summed E-state index contributed by atoms with van der Waals surface area (Å²) in [5.41, 5.74) is 1.53. The number of hydrogen-bond donors (Lipinski definition) is 0. The standard InChI is InChI=1S/C24H26N4O3S/c1-3-4-5-8-15-28-23(29)19-9-6-7-10-20(19)25-24(28)32-16-21-26-27-22(31-21)17-11-13-18(30-2)14-12-17/h6-7,9-14H,3-5,8,15-16H2,1-2H3. The van der Waals surface area contributed by atoms with Gasteiger partial charge in [0.15, 0.2) is 5.16 Å². The van der Waals surface area contributed by atoms with E-state index in [4.69, 9.17) is 14.1 Å². The molecular weight excluding hydrogens is 424 g/mol. The molecule has 0 aliphatic carbocycles. The minimum absolute atomic E-state index is 0.000880. The molecule has 0 amide bonds. The van der Waals surface area contributed by atoms with Crippen LogP contribution in [0.1, 0.15) is 38.5 Å². The van der Waals surface area contributed by atoms with E-state index in [9.17, 15) is 4.79 Å². The predicted molar refractivity (Wildman–Crippen MR) is 126 cm³/mol. The fourth-order valence-corrected chi connectivity index (χ4v) is 4.30. The third-order valence-corrected chi connectivity index (χ3v) is 6.15. The van der Waals surface area contributed by atoms with Crippen LogP contribution in [0.4, 0.5) is 0 Å². The maximum Gasteiger partial charge on any atom is 0.262 e. The number of fused-ring (bicyclic) bond motifs is 1. The number of aromatic nitrogens is 4. The summed E-state index contributed by atoms with van der Waals surface area (Å²) in [4.78, 5) is 17.9. The molecule has 0 saturated carbocycles. The summed E-state index contributed by atoms with van der Waals surface area (Å²) in [5.74, 6) is 2.14. The van der Waals surface area contributed by atoms with Gasteiger partial charge < -0.3 is 9.15 Å². The third kappa shape index (κ3) is 5.02. The number of ether oxygens (including phenoxy) is 1. The summed E-state index contributed by atoms with van der Waals surface area (Å²) in [6, 6.07) is 14.9. The van der Waals surface area contributed by atoms with Gasteiger partial charge in [-0.1, -0.05) is 50.1 Å². The second-order valence-electron chi connectivity index (χ2n) is 7.45. The number of methoxy groups -OCH3 is 1. The first-order valence-electron chi connectivity index (χ1n) is 10.8. The lowest BCUT2D eigenvalue weighted by atomic mass is 10.2. The molecule has 7 nitrogen and oxygen atoms in total. The number of unbranched alkanes of at least 4 members (excludes halogenated alkanes) is 3. The number of hydrogen-bond acceptors (Lipinski definition) is 7. The van der Waals surface area contributed by atoms with E-state index >= 15 is 0 Å². The molecule has 0 atom stereocenters. The van der Waals surface area contributed by atoms with Crippen LogP contribution >= 0.6 is 11.8 Å². The molecule has 4 aromatic rings. The molecule has 32 heavy (non-hydrogen) atoms. The highest BCUT2D eigenvalue weighted by Gasteiger charge is 2.14. The highest BCUT2D eigenvalue weighted by atomic mass is 32.2. The van der Waals surface area contributed by atoms with Crippen LogP contribution in [0.3, 0.4) is 0 Å². The predicted octanol–water partition coefficient (Wildman–Crippen LogP) is 5.33. The Balaban J connectivity index is 1.54. The van der Waals surface area contributed by atoms with Crippen molar-refractivity contribution in [3.8, 4) is 17.2 Å². The number of rotatable bonds is 10. The zero-order valence-electron chi connectivity index (χ0n) is 18.3. The molecule has 0 saturated heterocycles. The highest BCUT2D eigenvalue weighted by Crippen LogP contribution is 2.25. The Bertz CT molecular complexity index is 1230. The van der Waals surface area contributed by atoms with E-state index < -0.39 is 0 Å². The Morgan fingerprint density at radius 3 is 2.62 bits per heavy atom. The first-order chi connectivity index (χ1) is 15.7. The zero-order chi connectivity index (χ0) is 22.3.